The summed E-state index contributed by atoms with van der Waals surface area (Å²) in [6.45, 7) is 4.25. The molecule has 0 aliphatic carbocycles. The maximum absolute atomic E-state index is 12.7. The van der Waals surface area contributed by atoms with Crippen LogP contribution < -0.4 is 16.0 Å². The lowest BCUT2D eigenvalue weighted by Crippen LogP contribution is -2.49. The molecular formula is C22H27N3O3. The van der Waals surface area contributed by atoms with Crippen molar-refractivity contribution in [3.05, 3.63) is 71.8 Å². The van der Waals surface area contributed by atoms with Gasteiger partial charge in [0.15, 0.2) is 0 Å². The minimum atomic E-state index is -0.712. The van der Waals surface area contributed by atoms with Crippen LogP contribution >= 0.6 is 0 Å². The molecule has 0 aromatic heterocycles. The van der Waals surface area contributed by atoms with Crippen molar-refractivity contribution in [3.8, 4) is 0 Å². The Morgan fingerprint density at radius 2 is 1.32 bits per heavy atom. The Hall–Kier alpha value is -3.15. The van der Waals surface area contributed by atoms with Crippen LogP contribution in [-0.2, 0) is 16.0 Å². The number of hydrogen-bond acceptors (Lipinski definition) is 3. The predicted molar refractivity (Wildman–Crippen MR) is 109 cm³/mol. The second-order valence-electron chi connectivity index (χ2n) is 6.82. The number of amides is 3. The first kappa shape index (κ1) is 21.2. The molecule has 0 saturated carbocycles. The van der Waals surface area contributed by atoms with E-state index in [2.05, 4.69) is 16.0 Å². The number of hydrogen-bond donors (Lipinski definition) is 3. The Morgan fingerprint density at radius 3 is 1.89 bits per heavy atom. The van der Waals surface area contributed by atoms with E-state index in [1.54, 1.807) is 24.3 Å². The highest BCUT2D eigenvalue weighted by atomic mass is 16.2. The highest BCUT2D eigenvalue weighted by Gasteiger charge is 2.21. The van der Waals surface area contributed by atoms with Gasteiger partial charge in [0, 0.05) is 31.0 Å². The standard InChI is InChI=1S/C22H27N3O3/c1-16(2)20(26)23-13-14-24-22(28)19(15-17-9-5-3-6-10-17)25-21(27)18-11-7-4-8-12-18/h3-12,16,19H,13-15H2,1-2H3,(H,23,26)(H,24,28)(H,25,27). The number of benzene rings is 2. The zero-order valence-electron chi connectivity index (χ0n) is 16.3. The van der Waals surface area contributed by atoms with Gasteiger partial charge in [-0.1, -0.05) is 62.4 Å². The third-order valence-corrected chi connectivity index (χ3v) is 4.19. The highest BCUT2D eigenvalue weighted by molar-refractivity contribution is 5.97. The summed E-state index contributed by atoms with van der Waals surface area (Å²) in [4.78, 5) is 36.7. The topological polar surface area (TPSA) is 87.3 Å². The van der Waals surface area contributed by atoms with Gasteiger partial charge >= 0.3 is 0 Å². The van der Waals surface area contributed by atoms with E-state index in [-0.39, 0.29) is 23.6 Å². The molecule has 1 unspecified atom stereocenters. The maximum atomic E-state index is 12.7. The summed E-state index contributed by atoms with van der Waals surface area (Å²) in [5.41, 5.74) is 1.45. The van der Waals surface area contributed by atoms with Crippen molar-refractivity contribution in [1.82, 2.24) is 16.0 Å². The van der Waals surface area contributed by atoms with Crippen LogP contribution in [0.1, 0.15) is 29.8 Å². The molecular weight excluding hydrogens is 354 g/mol. The molecule has 2 aromatic carbocycles. The van der Waals surface area contributed by atoms with Gasteiger partial charge < -0.3 is 16.0 Å². The van der Waals surface area contributed by atoms with E-state index in [1.807, 2.05) is 50.2 Å². The fourth-order valence-electron chi connectivity index (χ4n) is 2.59. The Labute approximate surface area is 165 Å². The predicted octanol–water partition coefficient (Wildman–Crippen LogP) is 1.92. The van der Waals surface area contributed by atoms with Gasteiger partial charge in [-0.05, 0) is 17.7 Å². The molecule has 6 nitrogen and oxygen atoms in total. The summed E-state index contributed by atoms with van der Waals surface area (Å²) in [6.07, 6.45) is 0.379. The van der Waals surface area contributed by atoms with Gasteiger partial charge in [-0.3, -0.25) is 14.4 Å². The quantitative estimate of drug-likeness (QED) is 0.580. The lowest BCUT2D eigenvalue weighted by Gasteiger charge is -2.19. The molecule has 0 aliphatic heterocycles. The molecule has 28 heavy (non-hydrogen) atoms. The van der Waals surface area contributed by atoms with Crippen LogP contribution in [0.4, 0.5) is 0 Å². The molecule has 2 aromatic rings. The van der Waals surface area contributed by atoms with E-state index in [0.29, 0.717) is 25.1 Å². The zero-order chi connectivity index (χ0) is 20.4. The number of rotatable bonds is 9. The van der Waals surface area contributed by atoms with Gasteiger partial charge in [0.25, 0.3) is 5.91 Å². The van der Waals surface area contributed by atoms with Crippen LogP contribution in [0.2, 0.25) is 0 Å². The first-order valence-electron chi connectivity index (χ1n) is 9.42. The SMILES string of the molecule is CC(C)C(=O)NCCNC(=O)C(Cc1ccccc1)NC(=O)c1ccccc1. The van der Waals surface area contributed by atoms with Crippen LogP contribution in [0.3, 0.4) is 0 Å². The Bertz CT molecular complexity index is 776. The van der Waals surface area contributed by atoms with Gasteiger partial charge in [-0.2, -0.15) is 0 Å². The lowest BCUT2D eigenvalue weighted by molar-refractivity contribution is -0.125. The Morgan fingerprint density at radius 1 is 0.786 bits per heavy atom. The van der Waals surface area contributed by atoms with Crippen LogP contribution in [-0.4, -0.2) is 36.9 Å². The first-order chi connectivity index (χ1) is 13.5. The Kier molecular flexibility index (Phi) is 8.21. The van der Waals surface area contributed by atoms with Crippen molar-refractivity contribution in [1.29, 1.82) is 0 Å². The average molecular weight is 381 g/mol. The molecule has 148 valence electrons. The van der Waals surface area contributed by atoms with E-state index >= 15 is 0 Å². The lowest BCUT2D eigenvalue weighted by atomic mass is 10.0. The summed E-state index contributed by atoms with van der Waals surface area (Å²) in [5, 5.41) is 8.35. The molecule has 0 heterocycles. The van der Waals surface area contributed by atoms with Crippen molar-refractivity contribution >= 4 is 17.7 Å². The van der Waals surface area contributed by atoms with E-state index in [4.69, 9.17) is 0 Å². The van der Waals surface area contributed by atoms with E-state index < -0.39 is 6.04 Å². The minimum Gasteiger partial charge on any atom is -0.354 e. The molecule has 0 fully saturated rings. The molecule has 0 spiro atoms. The Balaban J connectivity index is 1.97. The van der Waals surface area contributed by atoms with Gasteiger partial charge in [0.2, 0.25) is 11.8 Å². The third-order valence-electron chi connectivity index (χ3n) is 4.19. The van der Waals surface area contributed by atoms with Gasteiger partial charge in [0.05, 0.1) is 0 Å². The van der Waals surface area contributed by atoms with Crippen LogP contribution in [0, 0.1) is 5.92 Å². The normalized spacial score (nSPS) is 11.5. The second-order valence-corrected chi connectivity index (χ2v) is 6.82. The molecule has 1 atom stereocenters. The summed E-state index contributed by atoms with van der Waals surface area (Å²) >= 11 is 0. The van der Waals surface area contributed by atoms with E-state index in [1.165, 1.54) is 0 Å². The second kappa shape index (κ2) is 10.9. The monoisotopic (exact) mass is 381 g/mol. The van der Waals surface area contributed by atoms with Gasteiger partial charge in [-0.25, -0.2) is 0 Å². The molecule has 0 saturated heterocycles. The minimum absolute atomic E-state index is 0.0625. The molecule has 0 radical (unpaired) electrons. The van der Waals surface area contributed by atoms with Gasteiger partial charge in [0.1, 0.15) is 6.04 Å². The summed E-state index contributed by atoms with van der Waals surface area (Å²) in [5.74, 6) is -0.754. The average Bonchev–Trinajstić information content (AvgIpc) is 2.71. The zero-order valence-corrected chi connectivity index (χ0v) is 16.3. The van der Waals surface area contributed by atoms with Crippen LogP contribution in [0.15, 0.2) is 60.7 Å². The van der Waals surface area contributed by atoms with Crippen molar-refractivity contribution in [2.75, 3.05) is 13.1 Å². The van der Waals surface area contributed by atoms with Crippen LogP contribution in [0.5, 0.6) is 0 Å². The van der Waals surface area contributed by atoms with E-state index in [0.717, 1.165) is 5.56 Å². The number of carbonyl (C=O) groups excluding carboxylic acids is 3. The number of carbonyl (C=O) groups is 3. The summed E-state index contributed by atoms with van der Waals surface area (Å²) in [6, 6.07) is 17.6. The van der Waals surface area contributed by atoms with Crippen molar-refractivity contribution < 1.29 is 14.4 Å². The smallest absolute Gasteiger partial charge is 0.251 e. The molecule has 6 heteroatoms. The molecule has 0 bridgehead atoms. The largest absolute Gasteiger partial charge is 0.354 e. The summed E-state index contributed by atoms with van der Waals surface area (Å²) in [7, 11) is 0. The van der Waals surface area contributed by atoms with Crippen molar-refractivity contribution in [3.63, 3.8) is 0 Å². The summed E-state index contributed by atoms with van der Waals surface area (Å²) < 4.78 is 0. The highest BCUT2D eigenvalue weighted by Crippen LogP contribution is 2.06. The number of nitrogens with one attached hydrogen (secondary N) is 3. The molecule has 3 N–H and O–H groups in total. The van der Waals surface area contributed by atoms with Crippen molar-refractivity contribution in [2.45, 2.75) is 26.3 Å². The molecule has 3 amide bonds. The molecule has 0 aliphatic rings. The fraction of sp³-hybridized carbons (Fsp3) is 0.318. The third kappa shape index (κ3) is 6.87. The van der Waals surface area contributed by atoms with Gasteiger partial charge in [-0.15, -0.1) is 0 Å². The first-order valence-corrected chi connectivity index (χ1v) is 9.42. The maximum Gasteiger partial charge on any atom is 0.251 e. The fourth-order valence-corrected chi connectivity index (χ4v) is 2.59. The van der Waals surface area contributed by atoms with Crippen LogP contribution in [0.25, 0.3) is 0 Å². The van der Waals surface area contributed by atoms with Crippen molar-refractivity contribution in [2.24, 2.45) is 5.92 Å². The van der Waals surface area contributed by atoms with E-state index in [9.17, 15) is 14.4 Å². The molecule has 2 rings (SSSR count).